The molecule has 19 heavy (non-hydrogen) atoms. The molecule has 0 aliphatic rings. The first-order valence-corrected chi connectivity index (χ1v) is 6.63. The van der Waals surface area contributed by atoms with E-state index in [4.69, 9.17) is 16.0 Å². The van der Waals surface area contributed by atoms with Crippen LogP contribution in [0.5, 0.6) is 0 Å². The van der Waals surface area contributed by atoms with Gasteiger partial charge < -0.3 is 14.7 Å². The van der Waals surface area contributed by atoms with Crippen LogP contribution in [0.15, 0.2) is 40.8 Å². The Morgan fingerprint density at radius 2 is 2.00 bits per heavy atom. The lowest BCUT2D eigenvalue weighted by atomic mass is 10.2. The molecule has 0 atom stereocenters. The maximum absolute atomic E-state index is 6.35. The van der Waals surface area contributed by atoms with Crippen LogP contribution in [0.3, 0.4) is 0 Å². The maximum Gasteiger partial charge on any atom is 0.117 e. The largest absolute Gasteiger partial charge is 0.465 e. The maximum atomic E-state index is 6.35. The number of fused-ring (bicyclic) bond motifs is 1. The summed E-state index contributed by atoms with van der Waals surface area (Å²) in [5.74, 6) is 1.87. The highest BCUT2D eigenvalue weighted by atomic mass is 35.5. The molecule has 98 valence electrons. The van der Waals surface area contributed by atoms with Crippen molar-refractivity contribution >= 4 is 22.5 Å². The van der Waals surface area contributed by atoms with Crippen LogP contribution in [0.1, 0.15) is 17.2 Å². The molecule has 0 aliphatic heterocycles. The summed E-state index contributed by atoms with van der Waals surface area (Å²) < 4.78 is 5.50. The Balaban J connectivity index is 1.70. The molecule has 3 nitrogen and oxygen atoms in total. The highest BCUT2D eigenvalue weighted by molar-refractivity contribution is 6.36. The number of para-hydroxylation sites is 1. The van der Waals surface area contributed by atoms with Crippen LogP contribution in [-0.4, -0.2) is 4.98 Å². The summed E-state index contributed by atoms with van der Waals surface area (Å²) >= 11 is 6.35. The van der Waals surface area contributed by atoms with E-state index in [1.54, 1.807) is 0 Å². The minimum Gasteiger partial charge on any atom is -0.465 e. The molecule has 0 bridgehead atoms. The summed E-state index contributed by atoms with van der Waals surface area (Å²) in [7, 11) is 0. The molecule has 0 amide bonds. The van der Waals surface area contributed by atoms with Crippen LogP contribution in [0, 0.1) is 6.92 Å². The molecule has 0 radical (unpaired) electrons. The number of hydrogen-bond acceptors (Lipinski definition) is 2. The number of benzene rings is 1. The van der Waals surface area contributed by atoms with Gasteiger partial charge in [-0.2, -0.15) is 0 Å². The third kappa shape index (κ3) is 2.53. The van der Waals surface area contributed by atoms with E-state index < -0.39 is 0 Å². The standard InChI is InChI=1S/C15H15ClN2O/c1-10-6-7-11(19-10)8-17-9-14-15(16)12-4-2-3-5-13(12)18-14/h2-7,17-18H,8-9H2,1H3. The van der Waals surface area contributed by atoms with Crippen molar-refractivity contribution in [2.24, 2.45) is 0 Å². The lowest BCUT2D eigenvalue weighted by molar-refractivity contribution is 0.461. The minimum absolute atomic E-state index is 0.688. The number of rotatable bonds is 4. The Labute approximate surface area is 116 Å². The fraction of sp³-hybridized carbons (Fsp3) is 0.200. The highest BCUT2D eigenvalue weighted by Gasteiger charge is 2.08. The summed E-state index contributed by atoms with van der Waals surface area (Å²) in [6.07, 6.45) is 0. The number of aryl methyl sites for hydroxylation is 1. The Hall–Kier alpha value is -1.71. The van der Waals surface area contributed by atoms with E-state index >= 15 is 0 Å². The van der Waals surface area contributed by atoms with Gasteiger partial charge in [-0.05, 0) is 25.1 Å². The van der Waals surface area contributed by atoms with E-state index in [0.29, 0.717) is 13.1 Å². The van der Waals surface area contributed by atoms with Crippen LogP contribution >= 0.6 is 11.6 Å². The second kappa shape index (κ2) is 5.11. The third-order valence-corrected chi connectivity index (χ3v) is 3.54. The Kier molecular flexibility index (Phi) is 3.32. The Morgan fingerprint density at radius 3 is 2.74 bits per heavy atom. The fourth-order valence-electron chi connectivity index (χ4n) is 2.18. The molecular formula is C15H15ClN2O. The van der Waals surface area contributed by atoms with Crippen molar-refractivity contribution in [2.75, 3.05) is 0 Å². The molecule has 2 N–H and O–H groups in total. The first kappa shape index (κ1) is 12.3. The zero-order valence-electron chi connectivity index (χ0n) is 10.7. The second-order valence-corrected chi connectivity index (χ2v) is 4.96. The normalized spacial score (nSPS) is 11.3. The van der Waals surface area contributed by atoms with E-state index in [1.807, 2.05) is 43.3 Å². The highest BCUT2D eigenvalue weighted by Crippen LogP contribution is 2.26. The van der Waals surface area contributed by atoms with Gasteiger partial charge in [0.05, 0.1) is 11.6 Å². The molecule has 0 unspecified atom stereocenters. The fourth-order valence-corrected chi connectivity index (χ4v) is 2.45. The van der Waals surface area contributed by atoms with Gasteiger partial charge in [0.1, 0.15) is 11.5 Å². The van der Waals surface area contributed by atoms with Crippen molar-refractivity contribution in [1.29, 1.82) is 0 Å². The van der Waals surface area contributed by atoms with E-state index in [0.717, 1.165) is 33.1 Å². The zero-order chi connectivity index (χ0) is 13.2. The first-order chi connectivity index (χ1) is 9.24. The summed E-state index contributed by atoms with van der Waals surface area (Å²) in [6.45, 7) is 3.32. The van der Waals surface area contributed by atoms with E-state index in [-0.39, 0.29) is 0 Å². The predicted molar refractivity (Wildman–Crippen MR) is 77.3 cm³/mol. The van der Waals surface area contributed by atoms with Crippen LogP contribution in [-0.2, 0) is 13.1 Å². The lowest BCUT2D eigenvalue weighted by Crippen LogP contribution is -2.12. The average molecular weight is 275 g/mol. The van der Waals surface area contributed by atoms with Gasteiger partial charge in [0, 0.05) is 23.1 Å². The van der Waals surface area contributed by atoms with Gasteiger partial charge in [0.15, 0.2) is 0 Å². The number of hydrogen-bond donors (Lipinski definition) is 2. The van der Waals surface area contributed by atoms with Gasteiger partial charge in [0.25, 0.3) is 0 Å². The second-order valence-electron chi connectivity index (χ2n) is 4.58. The molecule has 1 aromatic carbocycles. The van der Waals surface area contributed by atoms with E-state index in [9.17, 15) is 0 Å². The number of nitrogens with one attached hydrogen (secondary N) is 2. The summed E-state index contributed by atoms with van der Waals surface area (Å²) in [5.41, 5.74) is 2.07. The SMILES string of the molecule is Cc1ccc(CNCc2[nH]c3ccccc3c2Cl)o1. The molecule has 2 aromatic heterocycles. The van der Waals surface area contributed by atoms with Crippen molar-refractivity contribution in [3.8, 4) is 0 Å². The van der Waals surface area contributed by atoms with Gasteiger partial charge in [-0.25, -0.2) is 0 Å². The van der Waals surface area contributed by atoms with Crippen molar-refractivity contribution in [3.63, 3.8) is 0 Å². The molecule has 0 saturated carbocycles. The quantitative estimate of drug-likeness (QED) is 0.755. The molecular weight excluding hydrogens is 260 g/mol. The van der Waals surface area contributed by atoms with E-state index in [2.05, 4.69) is 10.3 Å². The molecule has 0 fully saturated rings. The molecule has 3 aromatic rings. The van der Waals surface area contributed by atoms with Crippen LogP contribution in [0.25, 0.3) is 10.9 Å². The average Bonchev–Trinajstić information content (AvgIpc) is 2.96. The zero-order valence-corrected chi connectivity index (χ0v) is 11.4. The number of H-pyrrole nitrogens is 1. The smallest absolute Gasteiger partial charge is 0.117 e. The number of furan rings is 1. The van der Waals surface area contributed by atoms with Gasteiger partial charge >= 0.3 is 0 Å². The van der Waals surface area contributed by atoms with Crippen LogP contribution in [0.4, 0.5) is 0 Å². The number of aromatic amines is 1. The first-order valence-electron chi connectivity index (χ1n) is 6.25. The monoisotopic (exact) mass is 274 g/mol. The van der Waals surface area contributed by atoms with Gasteiger partial charge in [0.2, 0.25) is 0 Å². The number of aromatic nitrogens is 1. The molecule has 4 heteroatoms. The topological polar surface area (TPSA) is 41.0 Å². The third-order valence-electron chi connectivity index (χ3n) is 3.11. The lowest BCUT2D eigenvalue weighted by Gasteiger charge is -2.01. The van der Waals surface area contributed by atoms with Gasteiger partial charge in [-0.3, -0.25) is 0 Å². The number of halogens is 1. The van der Waals surface area contributed by atoms with Crippen molar-refractivity contribution in [1.82, 2.24) is 10.3 Å². The molecule has 0 spiro atoms. The molecule has 0 saturated heterocycles. The van der Waals surface area contributed by atoms with Gasteiger partial charge in [-0.15, -0.1) is 0 Å². The summed E-state index contributed by atoms with van der Waals surface area (Å²) in [6, 6.07) is 12.0. The van der Waals surface area contributed by atoms with Crippen molar-refractivity contribution in [2.45, 2.75) is 20.0 Å². The van der Waals surface area contributed by atoms with E-state index in [1.165, 1.54) is 0 Å². The molecule has 3 rings (SSSR count). The predicted octanol–water partition coefficient (Wildman–Crippen LogP) is 4.01. The van der Waals surface area contributed by atoms with Crippen molar-refractivity contribution in [3.05, 3.63) is 58.6 Å². The Morgan fingerprint density at radius 1 is 1.16 bits per heavy atom. The molecule has 0 aliphatic carbocycles. The van der Waals surface area contributed by atoms with Gasteiger partial charge in [-0.1, -0.05) is 29.8 Å². The summed E-state index contributed by atoms with van der Waals surface area (Å²) in [4.78, 5) is 3.33. The Bertz CT molecular complexity index is 699. The van der Waals surface area contributed by atoms with Crippen molar-refractivity contribution < 1.29 is 4.42 Å². The molecule has 2 heterocycles. The summed E-state index contributed by atoms with van der Waals surface area (Å²) in [5, 5.41) is 5.18. The van der Waals surface area contributed by atoms with Crippen LogP contribution < -0.4 is 5.32 Å². The van der Waals surface area contributed by atoms with Crippen LogP contribution in [0.2, 0.25) is 5.02 Å². The minimum atomic E-state index is 0.688.